The Labute approximate surface area is 119 Å². The first-order valence-corrected chi connectivity index (χ1v) is 7.12. The van der Waals surface area contributed by atoms with Gasteiger partial charge in [-0.05, 0) is 51.7 Å². The highest BCUT2D eigenvalue weighted by molar-refractivity contribution is 9.10. The fourth-order valence-electron chi connectivity index (χ4n) is 1.88. The molecule has 0 saturated heterocycles. The van der Waals surface area contributed by atoms with Gasteiger partial charge in [0.2, 0.25) is 0 Å². The highest BCUT2D eigenvalue weighted by atomic mass is 79.9. The van der Waals surface area contributed by atoms with Crippen LogP contribution in [0, 0.1) is 0 Å². The van der Waals surface area contributed by atoms with Gasteiger partial charge in [0, 0.05) is 29.8 Å². The number of hydrogen-bond acceptors (Lipinski definition) is 3. The third-order valence-electron chi connectivity index (χ3n) is 3.01. The van der Waals surface area contributed by atoms with Gasteiger partial charge in [-0.1, -0.05) is 22.0 Å². The van der Waals surface area contributed by atoms with Crippen molar-refractivity contribution in [2.75, 3.05) is 39.1 Å². The first-order valence-electron chi connectivity index (χ1n) is 6.32. The van der Waals surface area contributed by atoms with Gasteiger partial charge in [0.15, 0.2) is 0 Å². The Kier molecular flexibility index (Phi) is 6.12. The van der Waals surface area contributed by atoms with Gasteiger partial charge in [-0.15, -0.1) is 0 Å². The van der Waals surface area contributed by atoms with Crippen molar-refractivity contribution in [3.8, 4) is 0 Å². The average molecular weight is 314 g/mol. The normalized spacial score (nSPS) is 12.8. The van der Waals surface area contributed by atoms with Gasteiger partial charge in [-0.25, -0.2) is 0 Å². The van der Waals surface area contributed by atoms with Gasteiger partial charge in [0.1, 0.15) is 0 Å². The number of anilines is 1. The molecule has 2 N–H and O–H groups in total. The van der Waals surface area contributed by atoms with E-state index in [1.165, 1.54) is 5.69 Å². The van der Waals surface area contributed by atoms with Crippen LogP contribution in [0.2, 0.25) is 0 Å². The monoisotopic (exact) mass is 313 g/mol. The maximum Gasteiger partial charge on any atom is 0.0375 e. The van der Waals surface area contributed by atoms with Gasteiger partial charge in [-0.3, -0.25) is 0 Å². The first kappa shape index (κ1) is 15.5. The van der Waals surface area contributed by atoms with Gasteiger partial charge in [-0.2, -0.15) is 0 Å². The zero-order chi connectivity index (χ0) is 13.7. The molecular formula is C14H24BrN3. The van der Waals surface area contributed by atoms with Crippen LogP contribution in [0.25, 0.3) is 0 Å². The van der Waals surface area contributed by atoms with E-state index in [1.807, 2.05) is 6.92 Å². The zero-order valence-corrected chi connectivity index (χ0v) is 13.4. The number of rotatable bonds is 6. The Hall–Kier alpha value is -0.580. The van der Waals surface area contributed by atoms with Crippen LogP contribution in [0.15, 0.2) is 22.7 Å². The standard InChI is InChI=1S/C14H24BrN3/c1-11(16)13-7-6-12(10-14(13)15)18(4)9-5-8-17(2)3/h6-7,10-11H,5,8-9,16H2,1-4H3. The lowest BCUT2D eigenvalue weighted by atomic mass is 10.1. The van der Waals surface area contributed by atoms with Crippen LogP contribution in [0.4, 0.5) is 5.69 Å². The second-order valence-electron chi connectivity index (χ2n) is 5.07. The maximum atomic E-state index is 5.91. The summed E-state index contributed by atoms with van der Waals surface area (Å²) in [4.78, 5) is 4.49. The van der Waals surface area contributed by atoms with Gasteiger partial charge in [0.05, 0.1) is 0 Å². The van der Waals surface area contributed by atoms with Crippen LogP contribution in [0.5, 0.6) is 0 Å². The summed E-state index contributed by atoms with van der Waals surface area (Å²) < 4.78 is 1.09. The molecule has 0 aromatic heterocycles. The van der Waals surface area contributed by atoms with Crippen molar-refractivity contribution in [2.45, 2.75) is 19.4 Å². The summed E-state index contributed by atoms with van der Waals surface area (Å²) in [6, 6.07) is 6.45. The molecule has 3 nitrogen and oxygen atoms in total. The third kappa shape index (κ3) is 4.59. The summed E-state index contributed by atoms with van der Waals surface area (Å²) >= 11 is 3.59. The summed E-state index contributed by atoms with van der Waals surface area (Å²) in [7, 11) is 6.34. The van der Waals surface area contributed by atoms with Crippen molar-refractivity contribution >= 4 is 21.6 Å². The van der Waals surface area contributed by atoms with E-state index in [9.17, 15) is 0 Å². The molecular weight excluding hydrogens is 290 g/mol. The van der Waals surface area contributed by atoms with Crippen molar-refractivity contribution in [1.29, 1.82) is 0 Å². The van der Waals surface area contributed by atoms with Crippen molar-refractivity contribution < 1.29 is 0 Å². The first-order chi connectivity index (χ1) is 8.41. The molecule has 1 aromatic rings. The van der Waals surface area contributed by atoms with E-state index in [-0.39, 0.29) is 6.04 Å². The lowest BCUT2D eigenvalue weighted by Gasteiger charge is -2.22. The zero-order valence-electron chi connectivity index (χ0n) is 11.8. The molecule has 0 aliphatic heterocycles. The second-order valence-corrected chi connectivity index (χ2v) is 5.93. The van der Waals surface area contributed by atoms with Crippen LogP contribution in [0.1, 0.15) is 24.9 Å². The van der Waals surface area contributed by atoms with E-state index in [1.54, 1.807) is 0 Å². The Morgan fingerprint density at radius 1 is 1.22 bits per heavy atom. The van der Waals surface area contributed by atoms with E-state index in [0.717, 1.165) is 29.5 Å². The Balaban J connectivity index is 2.63. The SMILES string of the molecule is CC(N)c1ccc(N(C)CCCN(C)C)cc1Br. The number of benzene rings is 1. The van der Waals surface area contributed by atoms with Crippen LogP contribution < -0.4 is 10.6 Å². The second kappa shape index (κ2) is 7.12. The molecule has 0 heterocycles. The molecule has 1 rings (SSSR count). The van der Waals surface area contributed by atoms with Gasteiger partial charge in [0.25, 0.3) is 0 Å². The maximum absolute atomic E-state index is 5.91. The molecule has 1 aromatic carbocycles. The van der Waals surface area contributed by atoms with Crippen LogP contribution >= 0.6 is 15.9 Å². The summed E-state index contributed by atoms with van der Waals surface area (Å²) in [6.45, 7) is 4.17. The van der Waals surface area contributed by atoms with Crippen molar-refractivity contribution in [3.05, 3.63) is 28.2 Å². The van der Waals surface area contributed by atoms with E-state index in [2.05, 4.69) is 65.1 Å². The molecule has 18 heavy (non-hydrogen) atoms. The molecule has 0 fully saturated rings. The smallest absolute Gasteiger partial charge is 0.0375 e. The molecule has 0 amide bonds. The Morgan fingerprint density at radius 3 is 2.39 bits per heavy atom. The predicted octanol–water partition coefficient (Wildman–Crippen LogP) is 2.86. The minimum atomic E-state index is 0.0625. The molecule has 0 bridgehead atoms. The van der Waals surface area contributed by atoms with Crippen LogP contribution in [0.3, 0.4) is 0 Å². The Bertz CT molecular complexity index is 377. The number of nitrogens with two attached hydrogens (primary N) is 1. The van der Waals surface area contributed by atoms with Gasteiger partial charge >= 0.3 is 0 Å². The molecule has 0 aliphatic rings. The van der Waals surface area contributed by atoms with Crippen LogP contribution in [-0.2, 0) is 0 Å². The number of hydrogen-bond donors (Lipinski definition) is 1. The fraction of sp³-hybridized carbons (Fsp3) is 0.571. The minimum Gasteiger partial charge on any atom is -0.375 e. The molecule has 102 valence electrons. The molecule has 1 unspecified atom stereocenters. The van der Waals surface area contributed by atoms with Crippen molar-refractivity contribution in [1.82, 2.24) is 4.90 Å². The fourth-order valence-corrected chi connectivity index (χ4v) is 2.60. The summed E-state index contributed by atoms with van der Waals surface area (Å²) in [5.41, 5.74) is 8.29. The predicted molar refractivity (Wildman–Crippen MR) is 83.2 cm³/mol. The van der Waals surface area contributed by atoms with Crippen LogP contribution in [-0.4, -0.2) is 39.1 Å². The quantitative estimate of drug-likeness (QED) is 0.876. The summed E-state index contributed by atoms with van der Waals surface area (Å²) in [5, 5.41) is 0. The van der Waals surface area contributed by atoms with E-state index >= 15 is 0 Å². The van der Waals surface area contributed by atoms with Gasteiger partial charge < -0.3 is 15.5 Å². The molecule has 1 atom stereocenters. The number of halogens is 1. The molecule has 0 radical (unpaired) electrons. The lowest BCUT2D eigenvalue weighted by Crippen LogP contribution is -2.23. The summed E-state index contributed by atoms with van der Waals surface area (Å²) in [5.74, 6) is 0. The van der Waals surface area contributed by atoms with E-state index in [0.29, 0.717) is 0 Å². The molecule has 4 heteroatoms. The Morgan fingerprint density at radius 2 is 1.89 bits per heavy atom. The number of nitrogens with zero attached hydrogens (tertiary/aromatic N) is 2. The third-order valence-corrected chi connectivity index (χ3v) is 3.70. The highest BCUT2D eigenvalue weighted by Crippen LogP contribution is 2.27. The minimum absolute atomic E-state index is 0.0625. The largest absolute Gasteiger partial charge is 0.375 e. The summed E-state index contributed by atoms with van der Waals surface area (Å²) in [6.07, 6.45) is 1.16. The van der Waals surface area contributed by atoms with E-state index < -0.39 is 0 Å². The molecule has 0 saturated carbocycles. The average Bonchev–Trinajstić information content (AvgIpc) is 2.27. The molecule has 0 aliphatic carbocycles. The van der Waals surface area contributed by atoms with Crippen molar-refractivity contribution in [3.63, 3.8) is 0 Å². The van der Waals surface area contributed by atoms with Crippen molar-refractivity contribution in [2.24, 2.45) is 5.73 Å². The highest BCUT2D eigenvalue weighted by Gasteiger charge is 2.08. The lowest BCUT2D eigenvalue weighted by molar-refractivity contribution is 0.401. The molecule has 0 spiro atoms. The van der Waals surface area contributed by atoms with E-state index in [4.69, 9.17) is 5.73 Å². The topological polar surface area (TPSA) is 32.5 Å².